The monoisotopic (exact) mass is 305 g/mol. The van der Waals surface area contributed by atoms with Gasteiger partial charge >= 0.3 is 5.97 Å². The highest BCUT2D eigenvalue weighted by Crippen LogP contribution is 2.27. The molecule has 2 aromatic rings. The number of carboxylic acids is 1. The van der Waals surface area contributed by atoms with Crippen LogP contribution in [-0.2, 0) is 17.7 Å². The number of carbonyl (C=O) groups is 1. The lowest BCUT2D eigenvalue weighted by molar-refractivity contribution is 0.0697. The Hall–Kier alpha value is -1.85. The van der Waals surface area contributed by atoms with Crippen LogP contribution in [-0.4, -0.2) is 40.1 Å². The van der Waals surface area contributed by atoms with Gasteiger partial charge < -0.3 is 19.5 Å². The van der Waals surface area contributed by atoms with Gasteiger partial charge in [-0.05, 0) is 38.3 Å². The number of rotatable bonds is 7. The van der Waals surface area contributed by atoms with Crippen LogP contribution >= 0.6 is 0 Å². The molecule has 22 heavy (non-hydrogen) atoms. The van der Waals surface area contributed by atoms with Gasteiger partial charge in [0.25, 0.3) is 0 Å². The SMILES string of the molecule is COCCn1cc(C(=O)O)c2c(CCC(C)(C)O)cccc21. The molecular weight excluding hydrogens is 282 g/mol. The van der Waals surface area contributed by atoms with Gasteiger partial charge in [0.05, 0.1) is 17.8 Å². The minimum absolute atomic E-state index is 0.303. The Morgan fingerprint density at radius 2 is 2.09 bits per heavy atom. The van der Waals surface area contributed by atoms with Crippen molar-refractivity contribution in [1.82, 2.24) is 4.57 Å². The third kappa shape index (κ3) is 3.67. The molecule has 0 unspecified atom stereocenters. The average Bonchev–Trinajstić information content (AvgIpc) is 2.81. The second kappa shape index (κ2) is 6.50. The van der Waals surface area contributed by atoms with Gasteiger partial charge in [0.15, 0.2) is 0 Å². The van der Waals surface area contributed by atoms with Crippen LogP contribution in [0.5, 0.6) is 0 Å². The summed E-state index contributed by atoms with van der Waals surface area (Å²) in [5, 5.41) is 20.2. The number of ether oxygens (including phenoxy) is 1. The van der Waals surface area contributed by atoms with Crippen molar-refractivity contribution in [2.24, 2.45) is 0 Å². The van der Waals surface area contributed by atoms with Crippen LogP contribution in [0.3, 0.4) is 0 Å². The Morgan fingerprint density at radius 3 is 2.68 bits per heavy atom. The zero-order valence-electron chi connectivity index (χ0n) is 13.3. The highest BCUT2D eigenvalue weighted by atomic mass is 16.5. The number of hydrogen-bond donors (Lipinski definition) is 2. The van der Waals surface area contributed by atoms with Crippen LogP contribution in [0, 0.1) is 0 Å². The quantitative estimate of drug-likeness (QED) is 0.825. The van der Waals surface area contributed by atoms with Crippen molar-refractivity contribution in [3.05, 3.63) is 35.5 Å². The van der Waals surface area contributed by atoms with Crippen LogP contribution < -0.4 is 0 Å². The molecule has 120 valence electrons. The van der Waals surface area contributed by atoms with E-state index in [1.54, 1.807) is 27.2 Å². The number of methoxy groups -OCH3 is 1. The molecule has 0 aliphatic carbocycles. The maximum atomic E-state index is 11.6. The Bertz CT molecular complexity index is 667. The first-order valence-electron chi connectivity index (χ1n) is 7.39. The van der Waals surface area contributed by atoms with Crippen LogP contribution in [0.4, 0.5) is 0 Å². The maximum absolute atomic E-state index is 11.6. The molecule has 0 amide bonds. The van der Waals surface area contributed by atoms with Gasteiger partial charge in [-0.2, -0.15) is 0 Å². The summed E-state index contributed by atoms with van der Waals surface area (Å²) < 4.78 is 7.00. The van der Waals surface area contributed by atoms with Crippen LogP contribution in [0.15, 0.2) is 24.4 Å². The molecule has 0 bridgehead atoms. The van der Waals surface area contributed by atoms with Gasteiger partial charge in [-0.1, -0.05) is 12.1 Å². The standard InChI is InChI=1S/C17H23NO4/c1-17(2,21)8-7-12-5-4-6-14-15(12)13(16(19)20)11-18(14)9-10-22-3/h4-6,11,21H,7-10H2,1-3H3,(H,19,20). The minimum atomic E-state index is -0.933. The normalized spacial score (nSPS) is 12.0. The lowest BCUT2D eigenvalue weighted by Gasteiger charge is -2.17. The number of aromatic carboxylic acids is 1. The third-order valence-corrected chi connectivity index (χ3v) is 3.77. The zero-order valence-corrected chi connectivity index (χ0v) is 13.3. The van der Waals surface area contributed by atoms with Crippen molar-refractivity contribution in [2.75, 3.05) is 13.7 Å². The van der Waals surface area contributed by atoms with E-state index in [9.17, 15) is 15.0 Å². The molecule has 2 rings (SSSR count). The first kappa shape index (κ1) is 16.5. The van der Waals surface area contributed by atoms with E-state index < -0.39 is 11.6 Å². The van der Waals surface area contributed by atoms with E-state index in [1.165, 1.54) is 0 Å². The Balaban J connectivity index is 2.48. The molecule has 0 aliphatic heterocycles. The summed E-state index contributed by atoms with van der Waals surface area (Å²) in [6, 6.07) is 5.78. The summed E-state index contributed by atoms with van der Waals surface area (Å²) in [5.41, 5.74) is 1.37. The molecule has 0 atom stereocenters. The first-order valence-corrected chi connectivity index (χ1v) is 7.39. The fourth-order valence-corrected chi connectivity index (χ4v) is 2.61. The molecule has 1 aromatic heterocycles. The largest absolute Gasteiger partial charge is 0.478 e. The van der Waals surface area contributed by atoms with Gasteiger partial charge in [0.2, 0.25) is 0 Å². The summed E-state index contributed by atoms with van der Waals surface area (Å²) in [6.45, 7) is 4.65. The lowest BCUT2D eigenvalue weighted by Crippen LogP contribution is -2.19. The van der Waals surface area contributed by atoms with Gasteiger partial charge in [-0.15, -0.1) is 0 Å². The summed E-state index contributed by atoms with van der Waals surface area (Å²) in [4.78, 5) is 11.6. The van der Waals surface area contributed by atoms with Gasteiger partial charge in [0, 0.05) is 30.8 Å². The van der Waals surface area contributed by atoms with Gasteiger partial charge in [-0.3, -0.25) is 0 Å². The predicted molar refractivity (Wildman–Crippen MR) is 85.4 cm³/mol. The summed E-state index contributed by atoms with van der Waals surface area (Å²) in [5.74, 6) is -0.933. The molecule has 1 aromatic carbocycles. The van der Waals surface area contributed by atoms with Crippen molar-refractivity contribution in [3.8, 4) is 0 Å². The van der Waals surface area contributed by atoms with E-state index in [1.807, 2.05) is 22.8 Å². The van der Waals surface area contributed by atoms with Crippen molar-refractivity contribution < 1.29 is 19.7 Å². The molecule has 5 heteroatoms. The van der Waals surface area contributed by atoms with Crippen molar-refractivity contribution in [3.63, 3.8) is 0 Å². The van der Waals surface area contributed by atoms with Crippen molar-refractivity contribution in [2.45, 2.75) is 38.8 Å². The highest BCUT2D eigenvalue weighted by Gasteiger charge is 2.19. The fourth-order valence-electron chi connectivity index (χ4n) is 2.61. The fraction of sp³-hybridized carbons (Fsp3) is 0.471. The van der Waals surface area contributed by atoms with Crippen LogP contribution in [0.1, 0.15) is 36.2 Å². The predicted octanol–water partition coefficient (Wildman–Crippen LogP) is 2.69. The average molecular weight is 305 g/mol. The van der Waals surface area contributed by atoms with Crippen LogP contribution in [0.2, 0.25) is 0 Å². The molecule has 0 radical (unpaired) electrons. The lowest BCUT2D eigenvalue weighted by atomic mass is 9.96. The Morgan fingerprint density at radius 1 is 1.36 bits per heavy atom. The van der Waals surface area contributed by atoms with Crippen LogP contribution in [0.25, 0.3) is 10.9 Å². The molecule has 0 aliphatic rings. The molecule has 5 nitrogen and oxygen atoms in total. The Labute approximate surface area is 130 Å². The molecule has 0 spiro atoms. The number of aromatic nitrogens is 1. The molecule has 1 heterocycles. The topological polar surface area (TPSA) is 71.7 Å². The maximum Gasteiger partial charge on any atom is 0.337 e. The smallest absolute Gasteiger partial charge is 0.337 e. The van der Waals surface area contributed by atoms with Crippen molar-refractivity contribution in [1.29, 1.82) is 0 Å². The number of aliphatic hydroxyl groups is 1. The van der Waals surface area contributed by atoms with E-state index in [-0.39, 0.29) is 0 Å². The van der Waals surface area contributed by atoms with E-state index in [0.29, 0.717) is 31.6 Å². The third-order valence-electron chi connectivity index (χ3n) is 3.77. The highest BCUT2D eigenvalue weighted by molar-refractivity contribution is 6.05. The first-order chi connectivity index (χ1) is 10.3. The second-order valence-corrected chi connectivity index (χ2v) is 6.16. The number of benzene rings is 1. The second-order valence-electron chi connectivity index (χ2n) is 6.16. The summed E-state index contributed by atoms with van der Waals surface area (Å²) >= 11 is 0. The number of hydrogen-bond acceptors (Lipinski definition) is 3. The number of carboxylic acid groups (broad SMARTS) is 1. The van der Waals surface area contributed by atoms with E-state index in [4.69, 9.17) is 4.74 Å². The van der Waals surface area contributed by atoms with E-state index in [0.717, 1.165) is 16.5 Å². The Kier molecular flexibility index (Phi) is 4.88. The van der Waals surface area contributed by atoms with E-state index >= 15 is 0 Å². The molecule has 0 fully saturated rings. The summed E-state index contributed by atoms with van der Waals surface area (Å²) in [7, 11) is 1.62. The number of nitrogens with zero attached hydrogens (tertiary/aromatic N) is 1. The molecule has 0 saturated heterocycles. The summed E-state index contributed by atoms with van der Waals surface area (Å²) in [6.07, 6.45) is 2.88. The molecular formula is C17H23NO4. The number of fused-ring (bicyclic) bond motifs is 1. The minimum Gasteiger partial charge on any atom is -0.478 e. The zero-order chi connectivity index (χ0) is 16.3. The van der Waals surface area contributed by atoms with Gasteiger partial charge in [-0.25, -0.2) is 4.79 Å². The van der Waals surface area contributed by atoms with Gasteiger partial charge in [0.1, 0.15) is 0 Å². The molecule has 2 N–H and O–H groups in total. The van der Waals surface area contributed by atoms with Crippen molar-refractivity contribution >= 4 is 16.9 Å². The number of aryl methyl sites for hydroxylation is 1. The van der Waals surface area contributed by atoms with E-state index in [2.05, 4.69) is 0 Å². The molecule has 0 saturated carbocycles.